The van der Waals surface area contributed by atoms with Crippen LogP contribution in [0.1, 0.15) is 11.1 Å². The molecular formula is C18H20O4. The van der Waals surface area contributed by atoms with Crippen molar-refractivity contribution in [3.8, 4) is 11.5 Å². The first-order chi connectivity index (χ1) is 10.6. The smallest absolute Gasteiger partial charge is 0.165 e. The highest BCUT2D eigenvalue weighted by molar-refractivity contribution is 5.85. The molecule has 0 spiro atoms. The molecule has 0 saturated carbocycles. The van der Waals surface area contributed by atoms with E-state index in [2.05, 4.69) is 0 Å². The Hall–Kier alpha value is -2.33. The Labute approximate surface area is 130 Å². The van der Waals surface area contributed by atoms with Gasteiger partial charge in [0.25, 0.3) is 0 Å². The Morgan fingerprint density at radius 1 is 0.909 bits per heavy atom. The van der Waals surface area contributed by atoms with Gasteiger partial charge in [-0.05, 0) is 35.4 Å². The van der Waals surface area contributed by atoms with Crippen LogP contribution in [0, 0.1) is 0 Å². The normalized spacial score (nSPS) is 11.8. The van der Waals surface area contributed by atoms with Crippen molar-refractivity contribution < 1.29 is 19.4 Å². The zero-order chi connectivity index (χ0) is 15.9. The second kappa shape index (κ2) is 7.61. The minimum absolute atomic E-state index is 0.194. The fourth-order valence-corrected chi connectivity index (χ4v) is 2.16. The van der Waals surface area contributed by atoms with Crippen molar-refractivity contribution in [1.82, 2.24) is 0 Å². The second-order valence-corrected chi connectivity index (χ2v) is 5.06. The Balaban J connectivity index is 1.92. The van der Waals surface area contributed by atoms with Gasteiger partial charge in [-0.25, -0.2) is 0 Å². The average molecular weight is 300 g/mol. The molecule has 0 saturated heterocycles. The van der Waals surface area contributed by atoms with Gasteiger partial charge in [-0.3, -0.25) is 4.79 Å². The number of hydrogen-bond donors (Lipinski definition) is 1. The molecule has 2 aromatic carbocycles. The lowest BCUT2D eigenvalue weighted by molar-refractivity contribution is -0.126. The summed E-state index contributed by atoms with van der Waals surface area (Å²) in [6, 6.07) is 14.6. The third kappa shape index (κ3) is 4.33. The maximum absolute atomic E-state index is 12.1. The van der Waals surface area contributed by atoms with Crippen LogP contribution in [-0.2, 0) is 17.6 Å². The van der Waals surface area contributed by atoms with Crippen LogP contribution in [-0.4, -0.2) is 31.2 Å². The average Bonchev–Trinajstić information content (AvgIpc) is 2.56. The predicted octanol–water partition coefficient (Wildman–Crippen LogP) is 2.42. The number of benzene rings is 2. The fraction of sp³-hybridized carbons (Fsp3) is 0.278. The lowest BCUT2D eigenvalue weighted by atomic mass is 10.00. The highest BCUT2D eigenvalue weighted by atomic mass is 16.5. The van der Waals surface area contributed by atoms with Crippen LogP contribution in [0.2, 0.25) is 0 Å². The Bertz CT molecular complexity index is 602. The standard InChI is InChI=1S/C18H20O4/c1-21-15-7-3-13(4-8-15)11-17(19)18(20)12-14-5-9-16(22-2)10-6-14/h3-10,17,19H,11-12H2,1-2H3. The lowest BCUT2D eigenvalue weighted by Crippen LogP contribution is -2.24. The molecule has 0 fully saturated rings. The largest absolute Gasteiger partial charge is 0.497 e. The lowest BCUT2D eigenvalue weighted by Gasteiger charge is -2.10. The molecule has 0 aliphatic carbocycles. The van der Waals surface area contributed by atoms with Gasteiger partial charge in [0.05, 0.1) is 14.2 Å². The zero-order valence-electron chi connectivity index (χ0n) is 12.8. The minimum Gasteiger partial charge on any atom is -0.497 e. The van der Waals surface area contributed by atoms with E-state index in [-0.39, 0.29) is 12.2 Å². The number of ketones is 1. The van der Waals surface area contributed by atoms with Crippen LogP contribution < -0.4 is 9.47 Å². The molecule has 0 bridgehead atoms. The number of methoxy groups -OCH3 is 2. The van der Waals surface area contributed by atoms with E-state index >= 15 is 0 Å². The van der Waals surface area contributed by atoms with Crippen molar-refractivity contribution in [3.05, 3.63) is 59.7 Å². The summed E-state index contributed by atoms with van der Waals surface area (Å²) in [6.45, 7) is 0. The number of rotatable bonds is 7. The zero-order valence-corrected chi connectivity index (χ0v) is 12.8. The van der Waals surface area contributed by atoms with E-state index in [9.17, 15) is 9.90 Å². The van der Waals surface area contributed by atoms with Gasteiger partial charge < -0.3 is 14.6 Å². The minimum atomic E-state index is -1.00. The number of Topliss-reactive ketones (excluding diaryl/α,β-unsaturated/α-hetero) is 1. The molecule has 0 radical (unpaired) electrons. The quantitative estimate of drug-likeness (QED) is 0.853. The van der Waals surface area contributed by atoms with Crippen molar-refractivity contribution in [1.29, 1.82) is 0 Å². The first-order valence-corrected chi connectivity index (χ1v) is 7.09. The van der Waals surface area contributed by atoms with E-state index in [0.717, 1.165) is 22.6 Å². The van der Waals surface area contributed by atoms with Crippen molar-refractivity contribution in [2.75, 3.05) is 14.2 Å². The van der Waals surface area contributed by atoms with Gasteiger partial charge in [0, 0.05) is 12.8 Å². The van der Waals surface area contributed by atoms with Crippen LogP contribution in [0.5, 0.6) is 11.5 Å². The number of carbonyl (C=O) groups is 1. The van der Waals surface area contributed by atoms with Crippen molar-refractivity contribution in [2.24, 2.45) is 0 Å². The third-order valence-corrected chi connectivity index (χ3v) is 3.50. The molecule has 0 aliphatic rings. The maximum Gasteiger partial charge on any atom is 0.165 e. The summed E-state index contributed by atoms with van der Waals surface area (Å²) < 4.78 is 10.2. The van der Waals surface area contributed by atoms with Gasteiger partial charge >= 0.3 is 0 Å². The molecule has 1 N–H and O–H groups in total. The van der Waals surface area contributed by atoms with Gasteiger partial charge in [-0.1, -0.05) is 24.3 Å². The van der Waals surface area contributed by atoms with E-state index in [1.165, 1.54) is 0 Å². The summed E-state index contributed by atoms with van der Waals surface area (Å²) in [7, 11) is 3.20. The second-order valence-electron chi connectivity index (χ2n) is 5.06. The van der Waals surface area contributed by atoms with Crippen LogP contribution in [0.15, 0.2) is 48.5 Å². The molecule has 0 aromatic heterocycles. The summed E-state index contributed by atoms with van der Waals surface area (Å²) in [6.07, 6.45) is -0.490. The Morgan fingerprint density at radius 2 is 1.36 bits per heavy atom. The summed E-state index contributed by atoms with van der Waals surface area (Å²) in [5.41, 5.74) is 1.76. The molecule has 2 aromatic rings. The molecule has 4 nitrogen and oxygen atoms in total. The number of aliphatic hydroxyl groups is 1. The molecule has 0 aliphatic heterocycles. The summed E-state index contributed by atoms with van der Waals surface area (Å²) in [5.74, 6) is 1.30. The first kappa shape index (κ1) is 16.0. The monoisotopic (exact) mass is 300 g/mol. The first-order valence-electron chi connectivity index (χ1n) is 7.09. The van der Waals surface area contributed by atoms with E-state index in [1.807, 2.05) is 36.4 Å². The maximum atomic E-state index is 12.1. The number of hydrogen-bond acceptors (Lipinski definition) is 4. The molecule has 116 valence electrons. The van der Waals surface area contributed by atoms with Gasteiger partial charge in [0.15, 0.2) is 5.78 Å². The van der Waals surface area contributed by atoms with Gasteiger partial charge in [-0.15, -0.1) is 0 Å². The number of aliphatic hydroxyl groups excluding tert-OH is 1. The van der Waals surface area contributed by atoms with E-state index in [0.29, 0.717) is 6.42 Å². The Morgan fingerprint density at radius 3 is 1.82 bits per heavy atom. The summed E-state index contributed by atoms with van der Waals surface area (Å²) in [5, 5.41) is 10.1. The summed E-state index contributed by atoms with van der Waals surface area (Å²) >= 11 is 0. The van der Waals surface area contributed by atoms with Crippen LogP contribution >= 0.6 is 0 Å². The molecule has 22 heavy (non-hydrogen) atoms. The highest BCUT2D eigenvalue weighted by Gasteiger charge is 2.16. The number of ether oxygens (including phenoxy) is 2. The van der Waals surface area contributed by atoms with Gasteiger partial charge in [0.2, 0.25) is 0 Å². The van der Waals surface area contributed by atoms with Gasteiger partial charge in [0.1, 0.15) is 17.6 Å². The molecule has 1 unspecified atom stereocenters. The predicted molar refractivity (Wildman–Crippen MR) is 84.4 cm³/mol. The topological polar surface area (TPSA) is 55.8 Å². The highest BCUT2D eigenvalue weighted by Crippen LogP contribution is 2.15. The Kier molecular flexibility index (Phi) is 5.55. The van der Waals surface area contributed by atoms with Crippen LogP contribution in [0.3, 0.4) is 0 Å². The van der Waals surface area contributed by atoms with E-state index < -0.39 is 6.10 Å². The van der Waals surface area contributed by atoms with Crippen molar-refractivity contribution in [3.63, 3.8) is 0 Å². The van der Waals surface area contributed by atoms with E-state index in [4.69, 9.17) is 9.47 Å². The van der Waals surface area contributed by atoms with Gasteiger partial charge in [-0.2, -0.15) is 0 Å². The molecule has 4 heteroatoms. The molecular weight excluding hydrogens is 280 g/mol. The molecule has 1 atom stereocenters. The fourth-order valence-electron chi connectivity index (χ4n) is 2.16. The molecule has 0 amide bonds. The van der Waals surface area contributed by atoms with Crippen molar-refractivity contribution >= 4 is 5.78 Å². The van der Waals surface area contributed by atoms with Crippen LogP contribution in [0.25, 0.3) is 0 Å². The van der Waals surface area contributed by atoms with Crippen molar-refractivity contribution in [2.45, 2.75) is 18.9 Å². The van der Waals surface area contributed by atoms with E-state index in [1.54, 1.807) is 26.4 Å². The summed E-state index contributed by atoms with van der Waals surface area (Å²) in [4.78, 5) is 12.1. The number of carbonyl (C=O) groups excluding carboxylic acids is 1. The molecule has 2 rings (SSSR count). The SMILES string of the molecule is COc1ccc(CC(=O)C(O)Cc2ccc(OC)cc2)cc1. The molecule has 0 heterocycles. The van der Waals surface area contributed by atoms with Crippen LogP contribution in [0.4, 0.5) is 0 Å². The third-order valence-electron chi connectivity index (χ3n) is 3.50.